The van der Waals surface area contributed by atoms with Crippen molar-refractivity contribution in [2.45, 2.75) is 19.3 Å². The predicted octanol–water partition coefficient (Wildman–Crippen LogP) is 4.33. The number of fused-ring (bicyclic) bond motifs is 2. The quantitative estimate of drug-likeness (QED) is 0.723. The van der Waals surface area contributed by atoms with Crippen molar-refractivity contribution in [3.8, 4) is 11.3 Å². The van der Waals surface area contributed by atoms with Crippen molar-refractivity contribution < 1.29 is 4.42 Å². The normalized spacial score (nSPS) is 13.8. The lowest BCUT2D eigenvalue weighted by Crippen LogP contribution is -1.96. The van der Waals surface area contributed by atoms with Crippen molar-refractivity contribution in [1.29, 1.82) is 0 Å². The lowest BCUT2D eigenvalue weighted by Gasteiger charge is -2.02. The third-order valence-electron chi connectivity index (χ3n) is 3.88. The smallest absolute Gasteiger partial charge is 0.229 e. The number of pyridine rings is 1. The van der Waals surface area contributed by atoms with Crippen LogP contribution in [0.4, 0.5) is 5.69 Å². The van der Waals surface area contributed by atoms with Crippen LogP contribution in [0, 0.1) is 0 Å². The molecule has 3 nitrogen and oxygen atoms in total. The second-order valence-electron chi connectivity index (χ2n) is 5.14. The molecule has 1 aromatic carbocycles. The number of aromatic nitrogens is 1. The minimum absolute atomic E-state index is 0.654. The molecule has 0 bridgehead atoms. The summed E-state index contributed by atoms with van der Waals surface area (Å²) in [6.07, 6.45) is 3.17. The molecule has 0 fully saturated rings. The molecule has 2 N–H and O–H groups in total. The SMILES string of the molecule is Nc1c2c(nc3oc(-c4ccc(Br)cc4)cc13)CCC2. The molecule has 0 saturated heterocycles. The third kappa shape index (κ3) is 1.75. The first-order valence-electron chi connectivity index (χ1n) is 6.69. The van der Waals surface area contributed by atoms with Gasteiger partial charge >= 0.3 is 0 Å². The van der Waals surface area contributed by atoms with Gasteiger partial charge in [-0.25, -0.2) is 4.98 Å². The lowest BCUT2D eigenvalue weighted by atomic mass is 10.1. The van der Waals surface area contributed by atoms with E-state index in [2.05, 4.69) is 20.9 Å². The molecule has 20 heavy (non-hydrogen) atoms. The molecule has 0 saturated carbocycles. The van der Waals surface area contributed by atoms with Gasteiger partial charge in [-0.05, 0) is 43.0 Å². The average molecular weight is 329 g/mol. The first kappa shape index (κ1) is 12.0. The van der Waals surface area contributed by atoms with E-state index in [1.54, 1.807) is 0 Å². The summed E-state index contributed by atoms with van der Waals surface area (Å²) in [6.45, 7) is 0. The van der Waals surface area contributed by atoms with Crippen LogP contribution in [0.15, 0.2) is 39.2 Å². The van der Waals surface area contributed by atoms with Gasteiger partial charge in [-0.15, -0.1) is 0 Å². The van der Waals surface area contributed by atoms with Gasteiger partial charge in [0.1, 0.15) is 5.76 Å². The van der Waals surface area contributed by atoms with Gasteiger partial charge < -0.3 is 10.2 Å². The Balaban J connectivity index is 1.91. The predicted molar refractivity (Wildman–Crippen MR) is 83.6 cm³/mol. The zero-order chi connectivity index (χ0) is 13.7. The van der Waals surface area contributed by atoms with E-state index in [0.29, 0.717) is 5.71 Å². The number of furan rings is 1. The van der Waals surface area contributed by atoms with E-state index in [9.17, 15) is 0 Å². The minimum Gasteiger partial charge on any atom is -0.438 e. The molecule has 4 heteroatoms. The van der Waals surface area contributed by atoms with Crippen LogP contribution in [-0.2, 0) is 12.8 Å². The summed E-state index contributed by atoms with van der Waals surface area (Å²) >= 11 is 3.44. The monoisotopic (exact) mass is 328 g/mol. The molecule has 0 aliphatic heterocycles. The van der Waals surface area contributed by atoms with Crippen LogP contribution in [0.1, 0.15) is 17.7 Å². The molecule has 100 valence electrons. The Morgan fingerprint density at radius 3 is 2.75 bits per heavy atom. The molecule has 3 aromatic rings. The van der Waals surface area contributed by atoms with Gasteiger partial charge in [0, 0.05) is 21.4 Å². The number of anilines is 1. The van der Waals surface area contributed by atoms with Crippen LogP contribution in [0.3, 0.4) is 0 Å². The van der Waals surface area contributed by atoms with Crippen molar-refractivity contribution in [2.75, 3.05) is 5.73 Å². The number of hydrogen-bond donors (Lipinski definition) is 1. The molecule has 0 unspecified atom stereocenters. The number of aryl methyl sites for hydroxylation is 1. The van der Waals surface area contributed by atoms with Gasteiger partial charge in [0.25, 0.3) is 0 Å². The molecule has 4 rings (SSSR count). The summed E-state index contributed by atoms with van der Waals surface area (Å²) in [4.78, 5) is 4.62. The van der Waals surface area contributed by atoms with Crippen molar-refractivity contribution in [2.24, 2.45) is 0 Å². The number of halogens is 1. The summed E-state index contributed by atoms with van der Waals surface area (Å²) in [5.41, 5.74) is 11.1. The Bertz CT molecular complexity index is 805. The molecule has 0 radical (unpaired) electrons. The molecule has 0 amide bonds. The summed E-state index contributed by atoms with van der Waals surface area (Å²) in [5.74, 6) is 0.815. The van der Waals surface area contributed by atoms with Gasteiger partial charge in [-0.3, -0.25) is 0 Å². The second kappa shape index (κ2) is 4.35. The summed E-state index contributed by atoms with van der Waals surface area (Å²) in [5, 5.41) is 0.934. The topological polar surface area (TPSA) is 52.0 Å². The van der Waals surface area contributed by atoms with Crippen LogP contribution in [0.25, 0.3) is 22.4 Å². The standard InChI is InChI=1S/C16H13BrN2O/c17-10-6-4-9(5-7-10)14-8-12-15(18)11-2-1-3-13(11)19-16(12)20-14/h4-8H,1-3H2,(H2,18,19). The summed E-state index contributed by atoms with van der Waals surface area (Å²) in [6, 6.07) is 10.0. The van der Waals surface area contributed by atoms with Crippen molar-refractivity contribution in [3.63, 3.8) is 0 Å². The van der Waals surface area contributed by atoms with E-state index in [0.717, 1.165) is 51.8 Å². The Kier molecular flexibility index (Phi) is 2.60. The van der Waals surface area contributed by atoms with Crippen LogP contribution < -0.4 is 5.73 Å². The van der Waals surface area contributed by atoms with Crippen LogP contribution in [0.5, 0.6) is 0 Å². The van der Waals surface area contributed by atoms with Crippen LogP contribution >= 0.6 is 15.9 Å². The second-order valence-corrected chi connectivity index (χ2v) is 6.06. The van der Waals surface area contributed by atoms with Crippen molar-refractivity contribution >= 4 is 32.7 Å². The maximum atomic E-state index is 6.28. The largest absolute Gasteiger partial charge is 0.438 e. The highest BCUT2D eigenvalue weighted by Gasteiger charge is 2.20. The number of hydrogen-bond acceptors (Lipinski definition) is 3. The molecule has 1 aliphatic rings. The fourth-order valence-corrected chi connectivity index (χ4v) is 3.10. The molecule has 1 aliphatic carbocycles. The first-order chi connectivity index (χ1) is 9.72. The van der Waals surface area contributed by atoms with Gasteiger partial charge in [-0.1, -0.05) is 28.1 Å². The Labute approximate surface area is 124 Å². The number of benzene rings is 1. The van der Waals surface area contributed by atoms with Crippen molar-refractivity contribution in [3.05, 3.63) is 46.1 Å². The van der Waals surface area contributed by atoms with Gasteiger partial charge in [0.05, 0.1) is 5.39 Å². The minimum atomic E-state index is 0.654. The zero-order valence-electron chi connectivity index (χ0n) is 10.8. The van der Waals surface area contributed by atoms with E-state index >= 15 is 0 Å². The fourth-order valence-electron chi connectivity index (χ4n) is 2.84. The highest BCUT2D eigenvalue weighted by atomic mass is 79.9. The van der Waals surface area contributed by atoms with E-state index in [1.165, 1.54) is 5.56 Å². The molecule has 0 atom stereocenters. The maximum Gasteiger partial charge on any atom is 0.229 e. The summed E-state index contributed by atoms with van der Waals surface area (Å²) in [7, 11) is 0. The van der Waals surface area contributed by atoms with Gasteiger partial charge in [0.15, 0.2) is 0 Å². The maximum absolute atomic E-state index is 6.28. The number of nitrogens with two attached hydrogens (primary N) is 1. The Hall–Kier alpha value is -1.81. The molecule has 2 heterocycles. The molecule has 2 aromatic heterocycles. The number of nitrogen functional groups attached to an aromatic ring is 1. The van der Waals surface area contributed by atoms with Gasteiger partial charge in [0.2, 0.25) is 5.71 Å². The van der Waals surface area contributed by atoms with E-state index in [1.807, 2.05) is 30.3 Å². The number of rotatable bonds is 1. The zero-order valence-corrected chi connectivity index (χ0v) is 12.4. The highest BCUT2D eigenvalue weighted by molar-refractivity contribution is 9.10. The average Bonchev–Trinajstić information content (AvgIpc) is 3.06. The lowest BCUT2D eigenvalue weighted by molar-refractivity contribution is 0.616. The van der Waals surface area contributed by atoms with Crippen LogP contribution in [-0.4, -0.2) is 4.98 Å². The molecular weight excluding hydrogens is 316 g/mol. The number of nitrogens with zero attached hydrogens (tertiary/aromatic N) is 1. The summed E-state index contributed by atoms with van der Waals surface area (Å²) < 4.78 is 6.94. The Morgan fingerprint density at radius 1 is 1.15 bits per heavy atom. The van der Waals surface area contributed by atoms with Gasteiger partial charge in [-0.2, -0.15) is 0 Å². The van der Waals surface area contributed by atoms with Crippen molar-refractivity contribution in [1.82, 2.24) is 4.98 Å². The Morgan fingerprint density at radius 2 is 1.95 bits per heavy atom. The fraction of sp³-hybridized carbons (Fsp3) is 0.188. The van der Waals surface area contributed by atoms with E-state index in [4.69, 9.17) is 10.2 Å². The van der Waals surface area contributed by atoms with E-state index in [-0.39, 0.29) is 0 Å². The van der Waals surface area contributed by atoms with E-state index < -0.39 is 0 Å². The molecule has 0 spiro atoms. The first-order valence-corrected chi connectivity index (χ1v) is 7.48. The third-order valence-corrected chi connectivity index (χ3v) is 4.41. The highest BCUT2D eigenvalue weighted by Crippen LogP contribution is 2.36. The van der Waals surface area contributed by atoms with Crippen LogP contribution in [0.2, 0.25) is 0 Å². The molecular formula is C16H13BrN2O.